The summed E-state index contributed by atoms with van der Waals surface area (Å²) >= 11 is 0. The van der Waals surface area contributed by atoms with E-state index in [0.717, 1.165) is 18.2 Å². The van der Waals surface area contributed by atoms with Crippen LogP contribution in [-0.4, -0.2) is 11.3 Å². The van der Waals surface area contributed by atoms with Crippen LogP contribution in [0.25, 0.3) is 10.9 Å². The number of benzene rings is 1. The molecule has 90 valence electrons. The summed E-state index contributed by atoms with van der Waals surface area (Å²) in [6.45, 7) is 0. The van der Waals surface area contributed by atoms with Crippen LogP contribution in [0.5, 0.6) is 5.75 Å². The molecule has 0 saturated carbocycles. The van der Waals surface area contributed by atoms with E-state index in [1.165, 1.54) is 0 Å². The molecule has 0 saturated heterocycles. The van der Waals surface area contributed by atoms with Gasteiger partial charge in [0.05, 0.1) is 10.9 Å². The fourth-order valence-electron chi connectivity index (χ4n) is 1.28. The molecule has 1 aromatic carbocycles. The molecular weight excluding hydrogens is 243 g/mol. The van der Waals surface area contributed by atoms with Crippen molar-refractivity contribution in [2.75, 3.05) is 0 Å². The number of ether oxygens (including phenoxy) is 1. The van der Waals surface area contributed by atoms with E-state index in [1.54, 1.807) is 0 Å². The third-order valence-corrected chi connectivity index (χ3v) is 1.87. The minimum absolute atomic E-state index is 0.0425. The van der Waals surface area contributed by atoms with E-state index < -0.39 is 23.5 Å². The summed E-state index contributed by atoms with van der Waals surface area (Å²) in [5.74, 6) is -1.59. The lowest BCUT2D eigenvalue weighted by molar-refractivity contribution is -0.274. The first-order valence-electron chi connectivity index (χ1n) is 4.28. The Kier molecular flexibility index (Phi) is 2.41. The highest BCUT2D eigenvalue weighted by Crippen LogP contribution is 2.24. The third-order valence-electron chi connectivity index (χ3n) is 1.87. The van der Waals surface area contributed by atoms with Crippen molar-refractivity contribution in [1.82, 2.24) is 4.98 Å². The van der Waals surface area contributed by atoms with Crippen LogP contribution >= 0.6 is 0 Å². The number of aromatic amines is 1. The molecule has 8 heteroatoms. The van der Waals surface area contributed by atoms with Gasteiger partial charge < -0.3 is 9.15 Å². The molecule has 2 aromatic rings. The summed E-state index contributed by atoms with van der Waals surface area (Å²) in [5.41, 5.74) is -1.02. The number of hydrogen-bond donors (Lipinski definition) is 1. The van der Waals surface area contributed by atoms with Gasteiger partial charge in [0.25, 0.3) is 0 Å². The van der Waals surface area contributed by atoms with Crippen molar-refractivity contribution in [3.8, 4) is 5.75 Å². The van der Waals surface area contributed by atoms with Gasteiger partial charge in [-0.25, -0.2) is 9.59 Å². The van der Waals surface area contributed by atoms with E-state index in [0.29, 0.717) is 0 Å². The second-order valence-electron chi connectivity index (χ2n) is 3.06. The van der Waals surface area contributed by atoms with E-state index in [1.807, 2.05) is 0 Å². The summed E-state index contributed by atoms with van der Waals surface area (Å²) < 4.78 is 43.6. The highest BCUT2D eigenvalue weighted by molar-refractivity contribution is 5.78. The molecule has 0 spiro atoms. The second-order valence-corrected chi connectivity index (χ2v) is 3.06. The molecule has 0 aliphatic carbocycles. The fourth-order valence-corrected chi connectivity index (χ4v) is 1.28. The zero-order chi connectivity index (χ0) is 12.6. The van der Waals surface area contributed by atoms with E-state index in [2.05, 4.69) is 14.1 Å². The molecule has 1 heterocycles. The summed E-state index contributed by atoms with van der Waals surface area (Å²) in [6, 6.07) is 2.91. The Morgan fingerprint density at radius 2 is 1.94 bits per heavy atom. The lowest BCUT2D eigenvalue weighted by atomic mass is 10.2. The molecule has 0 amide bonds. The Balaban J connectivity index is 2.58. The van der Waals surface area contributed by atoms with Crippen molar-refractivity contribution in [2.45, 2.75) is 6.36 Å². The lowest BCUT2D eigenvalue weighted by Crippen LogP contribution is -2.18. The monoisotopic (exact) mass is 247 g/mol. The van der Waals surface area contributed by atoms with E-state index in [-0.39, 0.29) is 10.9 Å². The molecule has 1 N–H and O–H groups in total. The Morgan fingerprint density at radius 1 is 1.24 bits per heavy atom. The van der Waals surface area contributed by atoms with Crippen molar-refractivity contribution in [3.63, 3.8) is 0 Å². The molecule has 5 nitrogen and oxygen atoms in total. The van der Waals surface area contributed by atoms with Crippen molar-refractivity contribution in [2.24, 2.45) is 0 Å². The van der Waals surface area contributed by atoms with Crippen LogP contribution in [0, 0.1) is 0 Å². The maximum absolute atomic E-state index is 11.9. The van der Waals surface area contributed by atoms with Gasteiger partial charge in [0.15, 0.2) is 0 Å². The summed E-state index contributed by atoms with van der Waals surface area (Å²) in [6.07, 6.45) is -4.84. The average molecular weight is 247 g/mol. The molecule has 0 atom stereocenters. The molecule has 0 unspecified atom stereocenters. The largest absolute Gasteiger partial charge is 0.573 e. The first-order chi connectivity index (χ1) is 7.85. The van der Waals surface area contributed by atoms with E-state index in [9.17, 15) is 22.8 Å². The van der Waals surface area contributed by atoms with E-state index in [4.69, 9.17) is 0 Å². The van der Waals surface area contributed by atoms with Gasteiger partial charge in [-0.05, 0) is 12.1 Å². The van der Waals surface area contributed by atoms with Crippen LogP contribution in [0.3, 0.4) is 0 Å². The molecular formula is C9H4F3NO4. The molecule has 2 rings (SSSR count). The van der Waals surface area contributed by atoms with Crippen LogP contribution < -0.4 is 16.1 Å². The molecule has 0 aliphatic heterocycles. The van der Waals surface area contributed by atoms with Crippen molar-refractivity contribution in [3.05, 3.63) is 39.2 Å². The number of aromatic nitrogens is 1. The number of rotatable bonds is 1. The Morgan fingerprint density at radius 3 is 2.59 bits per heavy atom. The maximum atomic E-state index is 11.9. The van der Waals surface area contributed by atoms with Gasteiger partial charge in [0.2, 0.25) is 0 Å². The average Bonchev–Trinajstić information content (AvgIpc) is 2.13. The smallest absolute Gasteiger partial charge is 0.406 e. The van der Waals surface area contributed by atoms with Gasteiger partial charge in [-0.15, -0.1) is 13.2 Å². The molecule has 0 bridgehead atoms. The highest BCUT2D eigenvalue weighted by atomic mass is 19.4. The van der Waals surface area contributed by atoms with Gasteiger partial charge in [-0.2, -0.15) is 0 Å². The van der Waals surface area contributed by atoms with Crippen LogP contribution in [0.15, 0.2) is 32.2 Å². The number of alkyl halides is 3. The predicted octanol–water partition coefficient (Wildman–Crippen LogP) is 1.38. The van der Waals surface area contributed by atoms with Gasteiger partial charge >= 0.3 is 17.7 Å². The summed E-state index contributed by atoms with van der Waals surface area (Å²) in [5, 5.41) is -0.0425. The second kappa shape index (κ2) is 3.65. The Hall–Kier alpha value is -2.25. The summed E-state index contributed by atoms with van der Waals surface area (Å²) in [4.78, 5) is 24.0. The zero-order valence-electron chi connectivity index (χ0n) is 8.00. The standard InChI is InChI=1S/C9H4F3NO4/c10-9(11,12)17-4-1-2-5-6(3-4)13-8(15)16-7(5)14/h1-3H,(H,13,15). The molecule has 0 fully saturated rings. The number of fused-ring (bicyclic) bond motifs is 1. The Labute approximate surface area is 90.4 Å². The minimum Gasteiger partial charge on any atom is -0.406 e. The number of halogens is 3. The van der Waals surface area contributed by atoms with Gasteiger partial charge in [0, 0.05) is 6.07 Å². The van der Waals surface area contributed by atoms with Crippen molar-refractivity contribution in [1.29, 1.82) is 0 Å². The number of H-pyrrole nitrogens is 1. The van der Waals surface area contributed by atoms with Gasteiger partial charge in [0.1, 0.15) is 5.75 Å². The van der Waals surface area contributed by atoms with Crippen LogP contribution in [-0.2, 0) is 0 Å². The van der Waals surface area contributed by atoms with Crippen LogP contribution in [0.4, 0.5) is 13.2 Å². The molecule has 17 heavy (non-hydrogen) atoms. The van der Waals surface area contributed by atoms with Crippen molar-refractivity contribution >= 4 is 10.9 Å². The van der Waals surface area contributed by atoms with Crippen LogP contribution in [0.2, 0.25) is 0 Å². The molecule has 0 radical (unpaired) electrons. The first-order valence-corrected chi connectivity index (χ1v) is 4.28. The normalized spacial score (nSPS) is 11.7. The first kappa shape index (κ1) is 11.2. The highest BCUT2D eigenvalue weighted by Gasteiger charge is 2.31. The number of hydrogen-bond acceptors (Lipinski definition) is 4. The van der Waals surface area contributed by atoms with Gasteiger partial charge in [-0.1, -0.05) is 0 Å². The molecule has 0 aliphatic rings. The Bertz CT molecular complexity index is 670. The third kappa shape index (κ3) is 2.47. The quantitative estimate of drug-likeness (QED) is 0.826. The maximum Gasteiger partial charge on any atom is 0.573 e. The van der Waals surface area contributed by atoms with Gasteiger partial charge in [-0.3, -0.25) is 4.98 Å². The lowest BCUT2D eigenvalue weighted by Gasteiger charge is -2.08. The van der Waals surface area contributed by atoms with Crippen molar-refractivity contribution < 1.29 is 22.3 Å². The SMILES string of the molecule is O=c1[nH]c2cc(OC(F)(F)F)ccc2c(=O)o1. The van der Waals surface area contributed by atoms with Crippen LogP contribution in [0.1, 0.15) is 0 Å². The topological polar surface area (TPSA) is 72.3 Å². The zero-order valence-corrected chi connectivity index (χ0v) is 8.00. The fraction of sp³-hybridized carbons (Fsp3) is 0.111. The minimum atomic E-state index is -4.84. The summed E-state index contributed by atoms with van der Waals surface area (Å²) in [7, 11) is 0. The van der Waals surface area contributed by atoms with E-state index >= 15 is 0 Å². The predicted molar refractivity (Wildman–Crippen MR) is 49.8 cm³/mol. The number of nitrogens with one attached hydrogen (secondary N) is 1. The molecule has 1 aromatic heterocycles.